The van der Waals surface area contributed by atoms with Gasteiger partial charge in [-0.25, -0.2) is 15.0 Å². The minimum Gasteiger partial charge on any atom is -0.462 e. The number of benzene rings is 1. The lowest BCUT2D eigenvalue weighted by Gasteiger charge is -2.06. The summed E-state index contributed by atoms with van der Waals surface area (Å²) in [4.78, 5) is 25.6. The second kappa shape index (κ2) is 7.33. The van der Waals surface area contributed by atoms with Crippen LogP contribution in [0.5, 0.6) is 0 Å². The van der Waals surface area contributed by atoms with Gasteiger partial charge in [-0.05, 0) is 35.9 Å². The van der Waals surface area contributed by atoms with E-state index in [9.17, 15) is 4.79 Å². The first-order valence-corrected chi connectivity index (χ1v) is 9.81. The van der Waals surface area contributed by atoms with Gasteiger partial charge >= 0.3 is 0 Å². The van der Waals surface area contributed by atoms with Crippen LogP contribution < -0.4 is 5.32 Å². The van der Waals surface area contributed by atoms with Crippen LogP contribution in [0.3, 0.4) is 0 Å². The molecule has 0 saturated heterocycles. The summed E-state index contributed by atoms with van der Waals surface area (Å²) in [5.74, 6) is 1.20. The molecule has 5 aromatic rings. The number of rotatable bonds is 5. The number of thiazole rings is 1. The standard InChI is InChI=1S/C21H15N5O2S/c27-20(16-12-29-21(25-16)18-6-3-9-28-18)23-11-14-7-8-19(22-10-14)26-13-24-15-4-1-2-5-17(15)26/h1-10,12-13H,11H2,(H,23,27). The summed E-state index contributed by atoms with van der Waals surface area (Å²) in [5.41, 5.74) is 3.18. The van der Waals surface area contributed by atoms with Crippen LogP contribution in [0.4, 0.5) is 0 Å². The molecule has 142 valence electrons. The van der Waals surface area contributed by atoms with Crippen LogP contribution in [0.15, 0.2) is 77.1 Å². The van der Waals surface area contributed by atoms with Gasteiger partial charge in [-0.15, -0.1) is 11.3 Å². The van der Waals surface area contributed by atoms with E-state index >= 15 is 0 Å². The number of amides is 1. The van der Waals surface area contributed by atoms with E-state index in [2.05, 4.69) is 20.3 Å². The van der Waals surface area contributed by atoms with Crippen molar-refractivity contribution in [3.63, 3.8) is 0 Å². The predicted octanol–water partition coefficient (Wildman–Crippen LogP) is 4.07. The minimum absolute atomic E-state index is 0.233. The van der Waals surface area contributed by atoms with Crippen LogP contribution >= 0.6 is 11.3 Å². The van der Waals surface area contributed by atoms with Gasteiger partial charge in [-0.2, -0.15) is 0 Å². The van der Waals surface area contributed by atoms with Gasteiger partial charge in [0.05, 0.1) is 17.3 Å². The highest BCUT2D eigenvalue weighted by Gasteiger charge is 2.13. The van der Waals surface area contributed by atoms with Crippen molar-refractivity contribution in [1.29, 1.82) is 0 Å². The zero-order valence-electron chi connectivity index (χ0n) is 15.1. The molecule has 0 aliphatic heterocycles. The van der Waals surface area contributed by atoms with Crippen molar-refractivity contribution < 1.29 is 9.21 Å². The summed E-state index contributed by atoms with van der Waals surface area (Å²) < 4.78 is 7.25. The molecule has 0 bridgehead atoms. The number of nitrogens with zero attached hydrogens (tertiary/aromatic N) is 4. The lowest BCUT2D eigenvalue weighted by atomic mass is 10.2. The highest BCUT2D eigenvalue weighted by atomic mass is 32.1. The molecule has 0 atom stereocenters. The molecule has 1 amide bonds. The van der Waals surface area contributed by atoms with Crippen LogP contribution in [0.2, 0.25) is 0 Å². The Morgan fingerprint density at radius 1 is 1.10 bits per heavy atom. The van der Waals surface area contributed by atoms with Crippen molar-refractivity contribution in [3.05, 3.63) is 84.0 Å². The molecule has 0 spiro atoms. The predicted molar refractivity (Wildman–Crippen MR) is 110 cm³/mol. The number of nitrogens with one attached hydrogen (secondary N) is 1. The smallest absolute Gasteiger partial charge is 0.271 e. The summed E-state index contributed by atoms with van der Waals surface area (Å²) in [6.45, 7) is 0.365. The molecule has 4 aromatic heterocycles. The van der Waals surface area contributed by atoms with Crippen LogP contribution in [0.25, 0.3) is 27.6 Å². The van der Waals surface area contributed by atoms with E-state index < -0.39 is 0 Å². The van der Waals surface area contributed by atoms with Gasteiger partial charge in [0.15, 0.2) is 10.8 Å². The fourth-order valence-corrected chi connectivity index (χ4v) is 3.74. The Kier molecular flexibility index (Phi) is 4.38. The summed E-state index contributed by atoms with van der Waals surface area (Å²) in [6.07, 6.45) is 5.09. The number of carbonyl (C=O) groups is 1. The summed E-state index contributed by atoms with van der Waals surface area (Å²) >= 11 is 1.37. The van der Waals surface area contributed by atoms with Gasteiger partial charge in [-0.3, -0.25) is 9.36 Å². The molecular formula is C21H15N5O2S. The average Bonchev–Trinajstić information content (AvgIpc) is 3.52. The van der Waals surface area contributed by atoms with E-state index in [1.807, 2.05) is 47.0 Å². The van der Waals surface area contributed by atoms with Crippen molar-refractivity contribution in [1.82, 2.24) is 24.8 Å². The largest absolute Gasteiger partial charge is 0.462 e. The lowest BCUT2D eigenvalue weighted by Crippen LogP contribution is -2.23. The monoisotopic (exact) mass is 401 g/mol. The molecule has 0 fully saturated rings. The molecule has 7 nitrogen and oxygen atoms in total. The molecule has 0 unspecified atom stereocenters. The topological polar surface area (TPSA) is 85.8 Å². The van der Waals surface area contributed by atoms with Crippen LogP contribution in [0.1, 0.15) is 16.1 Å². The van der Waals surface area contributed by atoms with E-state index in [0.717, 1.165) is 22.4 Å². The first kappa shape index (κ1) is 17.3. The number of pyridine rings is 1. The Hall–Kier alpha value is -3.78. The fourth-order valence-electron chi connectivity index (χ4n) is 2.97. The first-order chi connectivity index (χ1) is 14.3. The number of fused-ring (bicyclic) bond motifs is 1. The van der Waals surface area contributed by atoms with E-state index in [-0.39, 0.29) is 5.91 Å². The molecule has 0 aliphatic carbocycles. The average molecular weight is 401 g/mol. The summed E-state index contributed by atoms with van der Waals surface area (Å²) in [5, 5.41) is 5.27. The first-order valence-electron chi connectivity index (χ1n) is 8.93. The van der Waals surface area contributed by atoms with E-state index in [4.69, 9.17) is 4.42 Å². The van der Waals surface area contributed by atoms with E-state index in [1.54, 1.807) is 30.2 Å². The molecule has 1 aromatic carbocycles. The molecule has 0 saturated carbocycles. The molecule has 8 heteroatoms. The highest BCUT2D eigenvalue weighted by Crippen LogP contribution is 2.24. The van der Waals surface area contributed by atoms with Crippen molar-refractivity contribution in [2.24, 2.45) is 0 Å². The second-order valence-corrected chi connectivity index (χ2v) is 7.18. The number of furan rings is 1. The maximum atomic E-state index is 12.4. The van der Waals surface area contributed by atoms with E-state index in [1.165, 1.54) is 11.3 Å². The molecule has 5 rings (SSSR count). The van der Waals surface area contributed by atoms with Crippen LogP contribution in [0, 0.1) is 0 Å². The molecule has 1 N–H and O–H groups in total. The molecular weight excluding hydrogens is 386 g/mol. The summed E-state index contributed by atoms with van der Waals surface area (Å²) in [7, 11) is 0. The van der Waals surface area contributed by atoms with Crippen LogP contribution in [-0.2, 0) is 6.54 Å². The fraction of sp³-hybridized carbons (Fsp3) is 0.0476. The highest BCUT2D eigenvalue weighted by molar-refractivity contribution is 7.13. The third-order valence-electron chi connectivity index (χ3n) is 4.43. The maximum absolute atomic E-state index is 12.4. The number of carbonyl (C=O) groups excluding carboxylic acids is 1. The second-order valence-electron chi connectivity index (χ2n) is 6.33. The number of aromatic nitrogens is 4. The third kappa shape index (κ3) is 3.41. The zero-order chi connectivity index (χ0) is 19.6. The zero-order valence-corrected chi connectivity index (χ0v) is 16.0. The Morgan fingerprint density at radius 3 is 2.86 bits per heavy atom. The Balaban J connectivity index is 1.26. The SMILES string of the molecule is O=C(NCc1ccc(-n2cnc3ccccc32)nc1)c1csc(-c2ccco2)n1. The van der Waals surface area contributed by atoms with Crippen LogP contribution in [-0.4, -0.2) is 25.4 Å². The van der Waals surface area contributed by atoms with E-state index in [0.29, 0.717) is 23.0 Å². The van der Waals surface area contributed by atoms with Crippen molar-refractivity contribution in [2.45, 2.75) is 6.54 Å². The molecule has 29 heavy (non-hydrogen) atoms. The van der Waals surface area contributed by atoms with Crippen molar-refractivity contribution in [3.8, 4) is 16.6 Å². The van der Waals surface area contributed by atoms with Gasteiger partial charge in [0, 0.05) is 18.1 Å². The quantitative estimate of drug-likeness (QED) is 0.480. The van der Waals surface area contributed by atoms with Crippen molar-refractivity contribution >= 4 is 28.3 Å². The maximum Gasteiger partial charge on any atom is 0.271 e. The normalized spacial score (nSPS) is 11.0. The Morgan fingerprint density at radius 2 is 2.03 bits per heavy atom. The van der Waals surface area contributed by atoms with Gasteiger partial charge in [-0.1, -0.05) is 18.2 Å². The van der Waals surface area contributed by atoms with Gasteiger partial charge < -0.3 is 9.73 Å². The number of para-hydroxylation sites is 2. The number of imidazole rings is 1. The van der Waals surface area contributed by atoms with Gasteiger partial charge in [0.25, 0.3) is 5.91 Å². The molecule has 0 aliphatic rings. The number of hydrogen-bond acceptors (Lipinski definition) is 6. The Labute approximate surface area is 169 Å². The summed E-state index contributed by atoms with van der Waals surface area (Å²) in [6, 6.07) is 15.4. The number of hydrogen-bond donors (Lipinski definition) is 1. The molecule has 0 radical (unpaired) electrons. The third-order valence-corrected chi connectivity index (χ3v) is 5.29. The molecule has 4 heterocycles. The minimum atomic E-state index is -0.233. The Bertz CT molecular complexity index is 1270. The van der Waals surface area contributed by atoms with Crippen molar-refractivity contribution in [2.75, 3.05) is 0 Å². The lowest BCUT2D eigenvalue weighted by molar-refractivity contribution is 0.0946. The van der Waals surface area contributed by atoms with Gasteiger partial charge in [0.2, 0.25) is 0 Å². The van der Waals surface area contributed by atoms with Gasteiger partial charge in [0.1, 0.15) is 17.8 Å².